The first-order valence-electron chi connectivity index (χ1n) is 7.86. The number of amides is 1. The number of rotatable bonds is 3. The van der Waals surface area contributed by atoms with E-state index < -0.39 is 0 Å². The van der Waals surface area contributed by atoms with Crippen LogP contribution < -0.4 is 5.32 Å². The second kappa shape index (κ2) is 5.23. The van der Waals surface area contributed by atoms with Gasteiger partial charge in [-0.25, -0.2) is 0 Å². The maximum absolute atomic E-state index is 12.5. The Morgan fingerprint density at radius 3 is 2.74 bits per heavy atom. The molecule has 1 amide bonds. The van der Waals surface area contributed by atoms with Crippen LogP contribution in [0.25, 0.3) is 10.8 Å². The lowest BCUT2D eigenvalue weighted by atomic mass is 10.00. The molecular formula is C19H18N2O2. The molecule has 0 radical (unpaired) electrons. The van der Waals surface area contributed by atoms with E-state index in [1.807, 2.05) is 26.0 Å². The van der Waals surface area contributed by atoms with E-state index in [1.165, 1.54) is 16.3 Å². The Hall–Kier alpha value is -2.62. The second-order valence-corrected chi connectivity index (χ2v) is 6.21. The standard InChI is InChI=1S/C19H18N2O2/c1-11-18(12(2)23-21-11)20-19(22)17-10-16(17)15-9-5-7-13-6-3-4-8-14(13)15/h3-9,16-17H,10H2,1-2H3,(H,20,22). The lowest BCUT2D eigenvalue weighted by molar-refractivity contribution is -0.117. The van der Waals surface area contributed by atoms with Gasteiger partial charge in [0.2, 0.25) is 5.91 Å². The van der Waals surface area contributed by atoms with Gasteiger partial charge in [-0.1, -0.05) is 47.6 Å². The number of aryl methyl sites for hydroxylation is 2. The number of fused-ring (bicyclic) bond motifs is 1. The summed E-state index contributed by atoms with van der Waals surface area (Å²) in [6.45, 7) is 3.64. The lowest BCUT2D eigenvalue weighted by Gasteiger charge is -2.07. The fourth-order valence-electron chi connectivity index (χ4n) is 3.28. The predicted octanol–water partition coefficient (Wildman–Crippen LogP) is 4.19. The molecule has 1 aliphatic carbocycles. The first-order valence-corrected chi connectivity index (χ1v) is 7.86. The molecule has 1 fully saturated rings. The topological polar surface area (TPSA) is 55.1 Å². The molecule has 2 unspecified atom stereocenters. The summed E-state index contributed by atoms with van der Waals surface area (Å²) in [6.07, 6.45) is 0.892. The van der Waals surface area contributed by atoms with Gasteiger partial charge in [0.25, 0.3) is 0 Å². The van der Waals surface area contributed by atoms with Crippen LogP contribution in [-0.4, -0.2) is 11.1 Å². The molecule has 4 nitrogen and oxygen atoms in total. The largest absolute Gasteiger partial charge is 0.359 e. The maximum atomic E-state index is 12.5. The van der Waals surface area contributed by atoms with Crippen LogP contribution in [0.4, 0.5) is 5.69 Å². The van der Waals surface area contributed by atoms with Crippen molar-refractivity contribution < 1.29 is 9.32 Å². The maximum Gasteiger partial charge on any atom is 0.228 e. The Balaban J connectivity index is 1.56. The molecule has 116 valence electrons. The van der Waals surface area contributed by atoms with Gasteiger partial charge >= 0.3 is 0 Å². The fraction of sp³-hybridized carbons (Fsp3) is 0.263. The van der Waals surface area contributed by atoms with E-state index in [0.29, 0.717) is 17.4 Å². The molecule has 0 bridgehead atoms. The van der Waals surface area contributed by atoms with Gasteiger partial charge < -0.3 is 9.84 Å². The van der Waals surface area contributed by atoms with Crippen LogP contribution in [0.15, 0.2) is 47.0 Å². The number of nitrogens with zero attached hydrogens (tertiary/aromatic N) is 1. The average Bonchev–Trinajstić information content (AvgIpc) is 3.31. The number of anilines is 1. The Morgan fingerprint density at radius 1 is 1.17 bits per heavy atom. The zero-order chi connectivity index (χ0) is 16.0. The van der Waals surface area contributed by atoms with Crippen molar-refractivity contribution in [2.45, 2.75) is 26.2 Å². The summed E-state index contributed by atoms with van der Waals surface area (Å²) in [6, 6.07) is 14.6. The van der Waals surface area contributed by atoms with Gasteiger partial charge in [0, 0.05) is 5.92 Å². The number of hydrogen-bond acceptors (Lipinski definition) is 3. The fourth-order valence-corrected chi connectivity index (χ4v) is 3.28. The van der Waals surface area contributed by atoms with Gasteiger partial charge in [-0.2, -0.15) is 0 Å². The number of carbonyl (C=O) groups is 1. The first-order chi connectivity index (χ1) is 11.1. The average molecular weight is 306 g/mol. The minimum absolute atomic E-state index is 0.0227. The minimum Gasteiger partial charge on any atom is -0.359 e. The van der Waals surface area contributed by atoms with Crippen molar-refractivity contribution in [2.75, 3.05) is 5.32 Å². The number of nitrogens with one attached hydrogen (secondary N) is 1. The molecule has 4 heteroatoms. The van der Waals surface area contributed by atoms with E-state index >= 15 is 0 Å². The van der Waals surface area contributed by atoms with Crippen molar-refractivity contribution in [3.05, 3.63) is 59.5 Å². The van der Waals surface area contributed by atoms with Crippen molar-refractivity contribution in [1.29, 1.82) is 0 Å². The van der Waals surface area contributed by atoms with Crippen molar-refractivity contribution >= 4 is 22.4 Å². The summed E-state index contributed by atoms with van der Waals surface area (Å²) in [7, 11) is 0. The van der Waals surface area contributed by atoms with Crippen molar-refractivity contribution in [2.24, 2.45) is 5.92 Å². The van der Waals surface area contributed by atoms with E-state index in [0.717, 1.165) is 12.1 Å². The monoisotopic (exact) mass is 306 g/mol. The summed E-state index contributed by atoms with van der Waals surface area (Å²) >= 11 is 0. The zero-order valence-corrected chi connectivity index (χ0v) is 13.2. The van der Waals surface area contributed by atoms with Gasteiger partial charge in [-0.3, -0.25) is 4.79 Å². The number of carbonyl (C=O) groups excluding carboxylic acids is 1. The molecule has 23 heavy (non-hydrogen) atoms. The number of benzene rings is 2. The molecule has 2 atom stereocenters. The Labute approximate surface area is 134 Å². The van der Waals surface area contributed by atoms with Gasteiger partial charge in [0.1, 0.15) is 11.4 Å². The molecule has 1 aliphatic rings. The summed E-state index contributed by atoms with van der Waals surface area (Å²) in [5, 5.41) is 9.32. The third kappa shape index (κ3) is 2.40. The molecule has 0 spiro atoms. The molecular weight excluding hydrogens is 288 g/mol. The highest BCUT2D eigenvalue weighted by Gasteiger charge is 2.44. The Bertz CT molecular complexity index is 873. The molecule has 0 aliphatic heterocycles. The van der Waals surface area contributed by atoms with Crippen LogP contribution >= 0.6 is 0 Å². The van der Waals surface area contributed by atoms with E-state index in [4.69, 9.17) is 4.52 Å². The van der Waals surface area contributed by atoms with Crippen molar-refractivity contribution in [3.63, 3.8) is 0 Å². The molecule has 1 heterocycles. The highest BCUT2D eigenvalue weighted by molar-refractivity contribution is 5.97. The van der Waals surface area contributed by atoms with E-state index in [-0.39, 0.29) is 11.8 Å². The quantitative estimate of drug-likeness (QED) is 0.789. The van der Waals surface area contributed by atoms with E-state index in [2.05, 4.69) is 40.8 Å². The highest BCUT2D eigenvalue weighted by Crippen LogP contribution is 2.50. The second-order valence-electron chi connectivity index (χ2n) is 6.21. The van der Waals surface area contributed by atoms with Crippen LogP contribution in [0.5, 0.6) is 0 Å². The normalized spacial score (nSPS) is 19.7. The molecule has 0 saturated heterocycles. The van der Waals surface area contributed by atoms with Crippen LogP contribution in [0.2, 0.25) is 0 Å². The highest BCUT2D eigenvalue weighted by atomic mass is 16.5. The zero-order valence-electron chi connectivity index (χ0n) is 13.2. The smallest absolute Gasteiger partial charge is 0.228 e. The van der Waals surface area contributed by atoms with Crippen LogP contribution in [0.1, 0.15) is 29.4 Å². The summed E-state index contributed by atoms with van der Waals surface area (Å²) < 4.78 is 5.10. The summed E-state index contributed by atoms with van der Waals surface area (Å²) in [5.41, 5.74) is 2.69. The van der Waals surface area contributed by atoms with Crippen molar-refractivity contribution in [3.8, 4) is 0 Å². The predicted molar refractivity (Wildman–Crippen MR) is 89.4 cm³/mol. The molecule has 1 N–H and O–H groups in total. The Kier molecular flexibility index (Phi) is 3.18. The van der Waals surface area contributed by atoms with E-state index in [1.54, 1.807) is 0 Å². The number of aromatic nitrogens is 1. The molecule has 1 aromatic heterocycles. The van der Waals surface area contributed by atoms with Gasteiger partial charge in [-0.05, 0) is 42.5 Å². The molecule has 2 aromatic carbocycles. The lowest BCUT2D eigenvalue weighted by Crippen LogP contribution is -2.15. The first kappa shape index (κ1) is 14.0. The van der Waals surface area contributed by atoms with Gasteiger partial charge in [0.05, 0.1) is 0 Å². The summed E-state index contributed by atoms with van der Waals surface area (Å²) in [4.78, 5) is 12.5. The molecule has 1 saturated carbocycles. The van der Waals surface area contributed by atoms with Crippen LogP contribution in [-0.2, 0) is 4.79 Å². The Morgan fingerprint density at radius 2 is 1.96 bits per heavy atom. The molecule has 4 rings (SSSR count). The minimum atomic E-state index is 0.0227. The van der Waals surface area contributed by atoms with Crippen molar-refractivity contribution in [1.82, 2.24) is 5.16 Å². The third-order valence-corrected chi connectivity index (χ3v) is 4.63. The third-order valence-electron chi connectivity index (χ3n) is 4.63. The SMILES string of the molecule is Cc1noc(C)c1NC(=O)C1CC1c1cccc2ccccc12. The van der Waals surface area contributed by atoms with Gasteiger partial charge in [0.15, 0.2) is 5.76 Å². The summed E-state index contributed by atoms with van der Waals surface area (Å²) in [5.74, 6) is 1.02. The van der Waals surface area contributed by atoms with Crippen LogP contribution in [0, 0.1) is 19.8 Å². The van der Waals surface area contributed by atoms with E-state index in [9.17, 15) is 4.79 Å². The van der Waals surface area contributed by atoms with Crippen LogP contribution in [0.3, 0.4) is 0 Å². The number of hydrogen-bond donors (Lipinski definition) is 1. The molecule has 3 aromatic rings. The van der Waals surface area contributed by atoms with Gasteiger partial charge in [-0.15, -0.1) is 0 Å².